The average Bonchev–Trinajstić information content (AvgIpc) is 3.36. The van der Waals surface area contributed by atoms with Gasteiger partial charge in [-0.25, -0.2) is 0 Å². The Bertz CT molecular complexity index is 1250. The molecule has 0 spiro atoms. The van der Waals surface area contributed by atoms with Crippen LogP contribution in [0.3, 0.4) is 0 Å². The molecule has 160 valence electrons. The van der Waals surface area contributed by atoms with E-state index in [1.54, 1.807) is 14.2 Å². The van der Waals surface area contributed by atoms with Gasteiger partial charge in [-0.1, -0.05) is 18.2 Å². The number of benzene rings is 2. The Balaban J connectivity index is 1.47. The van der Waals surface area contributed by atoms with Crippen molar-refractivity contribution in [2.75, 3.05) is 20.8 Å². The number of carbonyl (C=O) groups excluding carboxylic acids is 1. The first-order chi connectivity index (χ1) is 15.2. The zero-order chi connectivity index (χ0) is 21.4. The van der Waals surface area contributed by atoms with E-state index in [0.717, 1.165) is 47.1 Å². The van der Waals surface area contributed by atoms with E-state index in [0.29, 0.717) is 18.7 Å². The lowest BCUT2D eigenvalue weighted by Crippen LogP contribution is -2.31. The van der Waals surface area contributed by atoms with Gasteiger partial charge in [-0.15, -0.1) is 0 Å². The van der Waals surface area contributed by atoms with E-state index in [-0.39, 0.29) is 11.9 Å². The first-order valence-corrected chi connectivity index (χ1v) is 10.8. The number of hydrogen-bond donors (Lipinski definition) is 2. The molecule has 0 unspecified atom stereocenters. The highest BCUT2D eigenvalue weighted by molar-refractivity contribution is 6.07. The molecule has 31 heavy (non-hydrogen) atoms. The number of methoxy groups -OCH3 is 2. The van der Waals surface area contributed by atoms with Gasteiger partial charge in [0.2, 0.25) is 0 Å². The van der Waals surface area contributed by atoms with E-state index >= 15 is 0 Å². The number of hydrogen-bond acceptors (Lipinski definition) is 3. The van der Waals surface area contributed by atoms with Crippen molar-refractivity contribution in [3.05, 3.63) is 65.5 Å². The van der Waals surface area contributed by atoms with Crippen molar-refractivity contribution in [2.45, 2.75) is 31.8 Å². The fourth-order valence-electron chi connectivity index (χ4n) is 4.75. The Morgan fingerprint density at radius 1 is 1.19 bits per heavy atom. The number of aromatic amines is 1. The molecule has 2 heterocycles. The number of nitrogens with one attached hydrogen (secondary N) is 2. The molecule has 0 aliphatic heterocycles. The average molecular weight is 418 g/mol. The Morgan fingerprint density at radius 3 is 2.90 bits per heavy atom. The summed E-state index contributed by atoms with van der Waals surface area (Å²) in [5.74, 6) is 0.811. The van der Waals surface area contributed by atoms with Crippen molar-refractivity contribution in [1.82, 2.24) is 14.9 Å². The second kappa shape index (κ2) is 8.12. The van der Waals surface area contributed by atoms with Crippen LogP contribution in [0.25, 0.3) is 21.8 Å². The van der Waals surface area contributed by atoms with Crippen molar-refractivity contribution in [3.63, 3.8) is 0 Å². The lowest BCUT2D eigenvalue weighted by Gasteiger charge is -2.23. The normalized spacial score (nSPS) is 15.9. The minimum Gasteiger partial charge on any atom is -0.497 e. The fourth-order valence-corrected chi connectivity index (χ4v) is 4.75. The summed E-state index contributed by atoms with van der Waals surface area (Å²) >= 11 is 0. The smallest absolute Gasteiger partial charge is 0.253 e. The van der Waals surface area contributed by atoms with Gasteiger partial charge in [0.15, 0.2) is 0 Å². The summed E-state index contributed by atoms with van der Waals surface area (Å²) in [5.41, 5.74) is 5.24. The second-order valence-corrected chi connectivity index (χ2v) is 8.09. The van der Waals surface area contributed by atoms with E-state index < -0.39 is 0 Å². The minimum absolute atomic E-state index is 0.0317. The van der Waals surface area contributed by atoms with Gasteiger partial charge in [0.1, 0.15) is 5.75 Å². The maximum atomic E-state index is 13.3. The van der Waals surface area contributed by atoms with Gasteiger partial charge in [0, 0.05) is 47.4 Å². The third-order valence-corrected chi connectivity index (χ3v) is 6.29. The lowest BCUT2D eigenvalue weighted by molar-refractivity contribution is 0.0933. The van der Waals surface area contributed by atoms with Crippen LogP contribution in [0.15, 0.2) is 48.7 Å². The molecule has 2 N–H and O–H groups in total. The molecule has 0 saturated heterocycles. The molecule has 4 aromatic rings. The molecule has 2 aromatic carbocycles. The second-order valence-electron chi connectivity index (χ2n) is 8.09. The number of aromatic nitrogens is 2. The molecule has 6 heteroatoms. The Kier molecular flexibility index (Phi) is 5.16. The zero-order valence-electron chi connectivity index (χ0n) is 17.9. The largest absolute Gasteiger partial charge is 0.497 e. The standard InChI is InChI=1S/C25H27N3O3/c1-30-13-12-28-15-20(17-6-3-4-9-23(17)28)25(29)27-22-8-5-7-18-19-14-16(31-2)10-11-21(19)26-24(18)22/h3-4,6,9-11,14-15,22,26H,5,7-8,12-13H2,1-2H3,(H,27,29)/t22-/m1/s1. The van der Waals surface area contributed by atoms with E-state index in [1.165, 1.54) is 10.9 Å². The highest BCUT2D eigenvalue weighted by Gasteiger charge is 2.27. The minimum atomic E-state index is -0.0403. The van der Waals surface area contributed by atoms with Gasteiger partial charge in [-0.05, 0) is 49.1 Å². The quantitative estimate of drug-likeness (QED) is 0.482. The number of nitrogens with zero attached hydrogens (tertiary/aromatic N) is 1. The summed E-state index contributed by atoms with van der Waals surface area (Å²) in [5, 5.41) is 5.45. The molecule has 1 aliphatic rings. The number of rotatable bonds is 6. The summed E-state index contributed by atoms with van der Waals surface area (Å²) in [4.78, 5) is 16.9. The molecule has 6 nitrogen and oxygen atoms in total. The van der Waals surface area contributed by atoms with Gasteiger partial charge in [0.05, 0.1) is 25.3 Å². The van der Waals surface area contributed by atoms with Gasteiger partial charge in [-0.2, -0.15) is 0 Å². The van der Waals surface area contributed by atoms with Crippen molar-refractivity contribution in [1.29, 1.82) is 0 Å². The van der Waals surface area contributed by atoms with E-state index in [4.69, 9.17) is 9.47 Å². The van der Waals surface area contributed by atoms with E-state index in [9.17, 15) is 4.79 Å². The first kappa shape index (κ1) is 19.7. The van der Waals surface area contributed by atoms with Crippen molar-refractivity contribution in [3.8, 4) is 5.75 Å². The van der Waals surface area contributed by atoms with Crippen molar-refractivity contribution >= 4 is 27.7 Å². The Hall–Kier alpha value is -3.25. The summed E-state index contributed by atoms with van der Waals surface area (Å²) in [7, 11) is 3.38. The van der Waals surface area contributed by atoms with Crippen LogP contribution in [-0.2, 0) is 17.7 Å². The molecule has 1 amide bonds. The monoisotopic (exact) mass is 417 g/mol. The van der Waals surface area contributed by atoms with Crippen molar-refractivity contribution < 1.29 is 14.3 Å². The molecule has 1 aliphatic carbocycles. The molecular formula is C25H27N3O3. The number of H-pyrrole nitrogens is 1. The molecule has 0 fully saturated rings. The summed E-state index contributed by atoms with van der Waals surface area (Å²) in [6.07, 6.45) is 4.91. The molecule has 5 rings (SSSR count). The number of fused-ring (bicyclic) bond motifs is 4. The van der Waals surface area contributed by atoms with Crippen LogP contribution in [0.5, 0.6) is 5.75 Å². The third-order valence-electron chi connectivity index (χ3n) is 6.29. The van der Waals surface area contributed by atoms with Gasteiger partial charge in [-0.3, -0.25) is 4.79 Å². The summed E-state index contributed by atoms with van der Waals surface area (Å²) < 4.78 is 12.7. The van der Waals surface area contributed by atoms with Crippen LogP contribution in [0.1, 0.15) is 40.5 Å². The first-order valence-electron chi connectivity index (χ1n) is 10.8. The lowest BCUT2D eigenvalue weighted by atomic mass is 9.91. The summed E-state index contributed by atoms with van der Waals surface area (Å²) in [6, 6.07) is 14.1. The maximum Gasteiger partial charge on any atom is 0.253 e. The highest BCUT2D eigenvalue weighted by atomic mass is 16.5. The molecule has 0 saturated carbocycles. The molecule has 2 aromatic heterocycles. The van der Waals surface area contributed by atoms with Crippen LogP contribution < -0.4 is 10.1 Å². The predicted octanol–water partition coefficient (Wildman–Crippen LogP) is 4.59. The van der Waals surface area contributed by atoms with Crippen LogP contribution in [0.4, 0.5) is 0 Å². The van der Waals surface area contributed by atoms with Crippen LogP contribution >= 0.6 is 0 Å². The van der Waals surface area contributed by atoms with E-state index in [1.807, 2.05) is 36.5 Å². The molecule has 0 bridgehead atoms. The molecule has 0 radical (unpaired) electrons. The topological polar surface area (TPSA) is 68.3 Å². The highest BCUT2D eigenvalue weighted by Crippen LogP contribution is 2.36. The number of ether oxygens (including phenoxy) is 2. The SMILES string of the molecule is COCCn1cc(C(=O)N[C@@H]2CCCc3c2[nH]c2ccc(OC)cc32)c2ccccc21. The predicted molar refractivity (Wildman–Crippen MR) is 122 cm³/mol. The Morgan fingerprint density at radius 2 is 2.06 bits per heavy atom. The van der Waals surface area contributed by atoms with Gasteiger partial charge >= 0.3 is 0 Å². The summed E-state index contributed by atoms with van der Waals surface area (Å²) in [6.45, 7) is 1.31. The number of amides is 1. The number of aryl methyl sites for hydroxylation is 1. The van der Waals surface area contributed by atoms with E-state index in [2.05, 4.69) is 27.0 Å². The van der Waals surface area contributed by atoms with Gasteiger partial charge in [0.25, 0.3) is 5.91 Å². The van der Waals surface area contributed by atoms with Crippen LogP contribution in [-0.4, -0.2) is 36.3 Å². The van der Waals surface area contributed by atoms with Gasteiger partial charge < -0.3 is 24.3 Å². The molecule has 1 atom stereocenters. The fraction of sp³-hybridized carbons (Fsp3) is 0.320. The zero-order valence-corrected chi connectivity index (χ0v) is 17.9. The number of carbonyl (C=O) groups is 1. The maximum absolute atomic E-state index is 13.3. The van der Waals surface area contributed by atoms with Crippen LogP contribution in [0, 0.1) is 0 Å². The third kappa shape index (κ3) is 3.47. The Labute approximate surface area is 181 Å². The van der Waals surface area contributed by atoms with Crippen molar-refractivity contribution in [2.24, 2.45) is 0 Å². The molecular weight excluding hydrogens is 390 g/mol. The number of para-hydroxylation sites is 1. The van der Waals surface area contributed by atoms with Crippen LogP contribution in [0.2, 0.25) is 0 Å².